The highest BCUT2D eigenvalue weighted by atomic mass is 35.5. The molecule has 1 aliphatic rings. The molecule has 1 amide bonds. The van der Waals surface area contributed by atoms with Crippen molar-refractivity contribution in [3.63, 3.8) is 0 Å². The molecule has 6 nitrogen and oxygen atoms in total. The average Bonchev–Trinajstić information content (AvgIpc) is 2.92. The predicted molar refractivity (Wildman–Crippen MR) is 94.3 cm³/mol. The van der Waals surface area contributed by atoms with Crippen molar-refractivity contribution in [1.29, 1.82) is 0 Å². The third-order valence-corrected chi connectivity index (χ3v) is 4.30. The molecule has 1 saturated heterocycles. The van der Waals surface area contributed by atoms with Gasteiger partial charge < -0.3 is 19.1 Å². The summed E-state index contributed by atoms with van der Waals surface area (Å²) in [6, 6.07) is 6.35. The number of nitrogens with zero attached hydrogens (tertiary/aromatic N) is 1. The maximum Gasteiger partial charge on any atom is 0.410 e. The molecule has 0 aromatic heterocycles. The summed E-state index contributed by atoms with van der Waals surface area (Å²) in [6.07, 6.45) is 0.307. The lowest BCUT2D eigenvalue weighted by Gasteiger charge is -2.29. The average molecular weight is 370 g/mol. The number of esters is 1. The molecule has 7 heteroatoms. The van der Waals surface area contributed by atoms with Crippen molar-refractivity contribution in [2.75, 3.05) is 20.3 Å². The first-order valence-corrected chi connectivity index (χ1v) is 8.60. The Kier molecular flexibility index (Phi) is 6.16. The number of amides is 1. The number of carbonyl (C=O) groups is 2. The molecule has 0 aliphatic carbocycles. The van der Waals surface area contributed by atoms with Crippen LogP contribution in [0.1, 0.15) is 37.6 Å². The van der Waals surface area contributed by atoms with Crippen LogP contribution in [0.5, 0.6) is 5.75 Å². The Morgan fingerprint density at radius 3 is 2.44 bits per heavy atom. The highest BCUT2D eigenvalue weighted by Gasteiger charge is 2.38. The summed E-state index contributed by atoms with van der Waals surface area (Å²) in [7, 11) is 1.33. The van der Waals surface area contributed by atoms with Crippen LogP contribution in [-0.2, 0) is 9.47 Å². The standard InChI is InChI=1S/C18H24ClNO5/c1-18(2,3)25-17(22)20-10-9-14(19)15(20)11-24-13-7-5-12(6-8-13)16(21)23-4/h5-8,14-15H,9-11H2,1-4H3/t14-,15+/m1/s1. The summed E-state index contributed by atoms with van der Waals surface area (Å²) in [5.41, 5.74) is -0.113. The third-order valence-electron chi connectivity index (χ3n) is 3.79. The largest absolute Gasteiger partial charge is 0.491 e. The van der Waals surface area contributed by atoms with Gasteiger partial charge in [-0.3, -0.25) is 0 Å². The minimum Gasteiger partial charge on any atom is -0.491 e. The lowest BCUT2D eigenvalue weighted by atomic mass is 10.2. The van der Waals surface area contributed by atoms with Crippen molar-refractivity contribution in [1.82, 2.24) is 4.90 Å². The topological polar surface area (TPSA) is 65.1 Å². The predicted octanol–water partition coefficient (Wildman–Crippen LogP) is 3.47. The second-order valence-electron chi connectivity index (χ2n) is 6.87. The molecular formula is C18H24ClNO5. The van der Waals surface area contributed by atoms with Gasteiger partial charge in [-0.05, 0) is 51.5 Å². The van der Waals surface area contributed by atoms with E-state index in [0.29, 0.717) is 24.3 Å². The van der Waals surface area contributed by atoms with E-state index in [-0.39, 0.29) is 24.1 Å². The lowest BCUT2D eigenvalue weighted by molar-refractivity contribution is 0.0188. The Bertz CT molecular complexity index is 611. The van der Waals surface area contributed by atoms with Gasteiger partial charge in [-0.1, -0.05) is 0 Å². The zero-order valence-corrected chi connectivity index (χ0v) is 15.7. The maximum absolute atomic E-state index is 12.3. The van der Waals surface area contributed by atoms with E-state index in [4.69, 9.17) is 21.1 Å². The zero-order valence-electron chi connectivity index (χ0n) is 15.0. The van der Waals surface area contributed by atoms with Crippen molar-refractivity contribution in [3.8, 4) is 5.75 Å². The van der Waals surface area contributed by atoms with E-state index < -0.39 is 11.6 Å². The molecule has 0 N–H and O–H groups in total. The van der Waals surface area contributed by atoms with Gasteiger partial charge in [0.15, 0.2) is 0 Å². The first-order chi connectivity index (χ1) is 11.7. The number of carbonyl (C=O) groups excluding carboxylic acids is 2. The number of hydrogen-bond acceptors (Lipinski definition) is 5. The summed E-state index contributed by atoms with van der Waals surface area (Å²) in [5, 5.41) is -0.193. The van der Waals surface area contributed by atoms with Gasteiger partial charge in [0.05, 0.1) is 24.1 Å². The Morgan fingerprint density at radius 1 is 1.24 bits per heavy atom. The smallest absolute Gasteiger partial charge is 0.410 e. The molecule has 0 radical (unpaired) electrons. The van der Waals surface area contributed by atoms with Crippen molar-refractivity contribution < 1.29 is 23.8 Å². The SMILES string of the molecule is COC(=O)c1ccc(OC[C@H]2[C@H](Cl)CCN2C(=O)OC(C)(C)C)cc1. The minimum atomic E-state index is -0.559. The van der Waals surface area contributed by atoms with Crippen LogP contribution in [0.25, 0.3) is 0 Å². The first-order valence-electron chi connectivity index (χ1n) is 8.16. The molecule has 138 valence electrons. The van der Waals surface area contributed by atoms with Crippen molar-refractivity contribution >= 4 is 23.7 Å². The number of likely N-dealkylation sites (tertiary alicyclic amines) is 1. The van der Waals surface area contributed by atoms with Crippen LogP contribution >= 0.6 is 11.6 Å². The number of rotatable bonds is 4. The Hall–Kier alpha value is -1.95. The zero-order chi connectivity index (χ0) is 18.6. The quantitative estimate of drug-likeness (QED) is 0.600. The van der Waals surface area contributed by atoms with Crippen LogP contribution in [0.3, 0.4) is 0 Å². The van der Waals surface area contributed by atoms with E-state index in [2.05, 4.69) is 4.74 Å². The fourth-order valence-electron chi connectivity index (χ4n) is 2.54. The molecule has 1 aromatic rings. The van der Waals surface area contributed by atoms with E-state index in [1.165, 1.54) is 7.11 Å². The van der Waals surface area contributed by atoms with Gasteiger partial charge in [0.25, 0.3) is 0 Å². The monoisotopic (exact) mass is 369 g/mol. The van der Waals surface area contributed by atoms with Gasteiger partial charge in [-0.15, -0.1) is 11.6 Å². The number of hydrogen-bond donors (Lipinski definition) is 0. The molecule has 2 rings (SSSR count). The summed E-state index contributed by atoms with van der Waals surface area (Å²) >= 11 is 6.35. The molecule has 0 bridgehead atoms. The summed E-state index contributed by atoms with van der Waals surface area (Å²) in [6.45, 7) is 6.28. The molecule has 1 heterocycles. The third kappa shape index (κ3) is 5.26. The fourth-order valence-corrected chi connectivity index (χ4v) is 2.85. The molecule has 25 heavy (non-hydrogen) atoms. The highest BCUT2D eigenvalue weighted by Crippen LogP contribution is 2.26. The summed E-state index contributed by atoms with van der Waals surface area (Å²) in [5.74, 6) is 0.187. The molecule has 2 atom stereocenters. The number of ether oxygens (including phenoxy) is 3. The van der Waals surface area contributed by atoms with Gasteiger partial charge in [-0.25, -0.2) is 9.59 Å². The van der Waals surface area contributed by atoms with E-state index in [1.54, 1.807) is 29.2 Å². The fraction of sp³-hybridized carbons (Fsp3) is 0.556. The Morgan fingerprint density at radius 2 is 1.88 bits per heavy atom. The van der Waals surface area contributed by atoms with Crippen LogP contribution in [0.15, 0.2) is 24.3 Å². The van der Waals surface area contributed by atoms with Crippen LogP contribution in [0.4, 0.5) is 4.79 Å². The number of methoxy groups -OCH3 is 1. The normalized spacial score (nSPS) is 20.3. The number of alkyl halides is 1. The van der Waals surface area contributed by atoms with Crippen LogP contribution < -0.4 is 4.74 Å². The van der Waals surface area contributed by atoms with Gasteiger partial charge in [0.2, 0.25) is 0 Å². The van der Waals surface area contributed by atoms with Crippen LogP contribution in [0.2, 0.25) is 0 Å². The summed E-state index contributed by atoms with van der Waals surface area (Å²) in [4.78, 5) is 25.4. The summed E-state index contributed by atoms with van der Waals surface area (Å²) < 4.78 is 15.8. The highest BCUT2D eigenvalue weighted by molar-refractivity contribution is 6.21. The number of halogens is 1. The molecule has 1 aliphatic heterocycles. The molecule has 1 aromatic carbocycles. The molecule has 0 saturated carbocycles. The van der Waals surface area contributed by atoms with Crippen LogP contribution in [-0.4, -0.2) is 54.2 Å². The second kappa shape index (κ2) is 7.95. The van der Waals surface area contributed by atoms with Crippen LogP contribution in [0, 0.1) is 0 Å². The van der Waals surface area contributed by atoms with Gasteiger partial charge in [0, 0.05) is 6.54 Å². The Labute approximate surface area is 153 Å². The molecular weight excluding hydrogens is 346 g/mol. The van der Waals surface area contributed by atoms with Crippen molar-refractivity contribution in [2.24, 2.45) is 0 Å². The first kappa shape index (κ1) is 19.4. The second-order valence-corrected chi connectivity index (χ2v) is 7.43. The van der Waals surface area contributed by atoms with E-state index in [0.717, 1.165) is 0 Å². The van der Waals surface area contributed by atoms with Gasteiger partial charge in [-0.2, -0.15) is 0 Å². The molecule has 1 fully saturated rings. The van der Waals surface area contributed by atoms with Gasteiger partial charge in [0.1, 0.15) is 18.0 Å². The lowest BCUT2D eigenvalue weighted by Crippen LogP contribution is -2.44. The van der Waals surface area contributed by atoms with E-state index in [1.807, 2.05) is 20.8 Å². The Balaban J connectivity index is 1.97. The maximum atomic E-state index is 12.3. The minimum absolute atomic E-state index is 0.193. The van der Waals surface area contributed by atoms with Gasteiger partial charge >= 0.3 is 12.1 Å². The van der Waals surface area contributed by atoms with Crippen molar-refractivity contribution in [2.45, 2.75) is 44.2 Å². The van der Waals surface area contributed by atoms with E-state index in [9.17, 15) is 9.59 Å². The molecule has 0 spiro atoms. The molecule has 0 unspecified atom stereocenters. The van der Waals surface area contributed by atoms with Crippen molar-refractivity contribution in [3.05, 3.63) is 29.8 Å². The van der Waals surface area contributed by atoms with E-state index >= 15 is 0 Å². The number of benzene rings is 1.